The number of rotatable bonds is 6. The topological polar surface area (TPSA) is 76.2 Å². The van der Waals surface area contributed by atoms with E-state index in [4.69, 9.17) is 0 Å². The molecule has 1 unspecified atom stereocenters. The van der Waals surface area contributed by atoms with Gasteiger partial charge >= 0.3 is 6.03 Å². The molecule has 4 rings (SSSR count). The molecule has 0 bridgehead atoms. The SMILES string of the molecule is CC(C)C[C@H]1C(=O)N(C(C)c2ccccc2)C[C@H]2N1C(=O)CN(C)N2C(=O)NCc1ccc(F)cc1. The Bertz CT molecular complexity index is 1090. The summed E-state index contributed by atoms with van der Waals surface area (Å²) in [5.74, 6) is -0.428. The van der Waals surface area contributed by atoms with Crippen molar-refractivity contribution in [3.63, 3.8) is 0 Å². The van der Waals surface area contributed by atoms with E-state index in [0.29, 0.717) is 6.42 Å². The summed E-state index contributed by atoms with van der Waals surface area (Å²) in [7, 11) is 1.70. The number of benzene rings is 2. The number of fused-ring (bicyclic) bond motifs is 1. The number of carbonyl (C=O) groups is 3. The van der Waals surface area contributed by atoms with Crippen LogP contribution in [-0.2, 0) is 16.1 Å². The highest BCUT2D eigenvalue weighted by Crippen LogP contribution is 2.33. The van der Waals surface area contributed by atoms with Crippen LogP contribution in [0.15, 0.2) is 54.6 Å². The second-order valence-corrected chi connectivity index (χ2v) is 9.95. The zero-order valence-corrected chi connectivity index (χ0v) is 21.2. The molecule has 36 heavy (non-hydrogen) atoms. The monoisotopic (exact) mass is 495 g/mol. The fourth-order valence-electron chi connectivity index (χ4n) is 5.06. The molecule has 4 amide bonds. The molecule has 2 aromatic carbocycles. The van der Waals surface area contributed by atoms with E-state index >= 15 is 0 Å². The van der Waals surface area contributed by atoms with Crippen LogP contribution < -0.4 is 5.32 Å². The van der Waals surface area contributed by atoms with Crippen LogP contribution in [0.3, 0.4) is 0 Å². The predicted octanol–water partition coefficient (Wildman–Crippen LogP) is 3.37. The van der Waals surface area contributed by atoms with Crippen molar-refractivity contribution < 1.29 is 18.8 Å². The van der Waals surface area contributed by atoms with Gasteiger partial charge in [0.2, 0.25) is 11.8 Å². The summed E-state index contributed by atoms with van der Waals surface area (Å²) in [5.41, 5.74) is 1.75. The van der Waals surface area contributed by atoms with Crippen molar-refractivity contribution >= 4 is 17.8 Å². The van der Waals surface area contributed by atoms with Gasteiger partial charge < -0.3 is 15.1 Å². The quantitative estimate of drug-likeness (QED) is 0.667. The van der Waals surface area contributed by atoms with Gasteiger partial charge in [-0.25, -0.2) is 19.2 Å². The fourth-order valence-corrected chi connectivity index (χ4v) is 5.06. The number of likely N-dealkylation sites (N-methyl/N-ethyl adjacent to an activating group) is 1. The van der Waals surface area contributed by atoms with E-state index in [-0.39, 0.29) is 55.3 Å². The van der Waals surface area contributed by atoms with E-state index in [9.17, 15) is 18.8 Å². The molecule has 9 heteroatoms. The van der Waals surface area contributed by atoms with Crippen LogP contribution >= 0.6 is 0 Å². The number of piperazine rings is 1. The molecule has 2 fully saturated rings. The van der Waals surface area contributed by atoms with Crippen molar-refractivity contribution in [3.8, 4) is 0 Å². The van der Waals surface area contributed by atoms with Gasteiger partial charge in [0, 0.05) is 13.6 Å². The Hall–Kier alpha value is -3.46. The minimum absolute atomic E-state index is 0.00339. The zero-order valence-electron chi connectivity index (χ0n) is 21.2. The van der Waals surface area contributed by atoms with E-state index in [2.05, 4.69) is 5.32 Å². The Kier molecular flexibility index (Phi) is 7.59. The average molecular weight is 496 g/mol. The van der Waals surface area contributed by atoms with Crippen molar-refractivity contribution in [2.24, 2.45) is 5.92 Å². The van der Waals surface area contributed by atoms with Crippen LogP contribution in [0.1, 0.15) is 44.4 Å². The average Bonchev–Trinajstić information content (AvgIpc) is 2.85. The lowest BCUT2D eigenvalue weighted by Crippen LogP contribution is -2.76. The van der Waals surface area contributed by atoms with Gasteiger partial charge in [0.05, 0.1) is 19.1 Å². The predicted molar refractivity (Wildman–Crippen MR) is 134 cm³/mol. The third kappa shape index (κ3) is 5.21. The minimum atomic E-state index is -0.650. The summed E-state index contributed by atoms with van der Waals surface area (Å²) in [6, 6.07) is 14.4. The maximum atomic E-state index is 13.7. The van der Waals surface area contributed by atoms with Crippen LogP contribution in [0.5, 0.6) is 0 Å². The first-order valence-corrected chi connectivity index (χ1v) is 12.4. The molecule has 2 aromatic rings. The molecule has 3 atom stereocenters. The lowest BCUT2D eigenvalue weighted by atomic mass is 9.95. The lowest BCUT2D eigenvalue weighted by Gasteiger charge is -2.55. The molecule has 2 aliphatic heterocycles. The van der Waals surface area contributed by atoms with Gasteiger partial charge in [0.1, 0.15) is 18.0 Å². The molecular formula is C27H34FN5O3. The number of hydrogen-bond acceptors (Lipinski definition) is 4. The number of urea groups is 1. The molecule has 0 aromatic heterocycles. The number of hydrazine groups is 1. The highest BCUT2D eigenvalue weighted by molar-refractivity contribution is 5.91. The molecule has 2 heterocycles. The normalized spacial score (nSPS) is 21.6. The Balaban J connectivity index is 1.63. The lowest BCUT2D eigenvalue weighted by molar-refractivity contribution is -0.190. The van der Waals surface area contributed by atoms with Crippen molar-refractivity contribution in [2.45, 2.75) is 52.0 Å². The number of halogens is 1. The minimum Gasteiger partial charge on any atom is -0.333 e. The van der Waals surface area contributed by atoms with Gasteiger partial charge in [-0.3, -0.25) is 9.59 Å². The third-order valence-electron chi connectivity index (χ3n) is 6.90. The summed E-state index contributed by atoms with van der Waals surface area (Å²) >= 11 is 0. The van der Waals surface area contributed by atoms with Gasteiger partial charge in [0.25, 0.3) is 0 Å². The van der Waals surface area contributed by atoms with Gasteiger partial charge in [-0.05, 0) is 42.5 Å². The highest BCUT2D eigenvalue weighted by atomic mass is 19.1. The second kappa shape index (κ2) is 10.7. The van der Waals surface area contributed by atoms with Crippen molar-refractivity contribution in [2.75, 3.05) is 20.1 Å². The van der Waals surface area contributed by atoms with Gasteiger partial charge in [-0.15, -0.1) is 0 Å². The Labute approximate surface area is 211 Å². The number of nitrogens with one attached hydrogen (secondary N) is 1. The van der Waals surface area contributed by atoms with Crippen molar-refractivity contribution in [1.29, 1.82) is 0 Å². The molecule has 0 saturated carbocycles. The Morgan fingerprint density at radius 3 is 2.36 bits per heavy atom. The van der Waals surface area contributed by atoms with Crippen molar-refractivity contribution in [1.82, 2.24) is 25.1 Å². The fraction of sp³-hybridized carbons (Fsp3) is 0.444. The maximum Gasteiger partial charge on any atom is 0.334 e. The molecule has 2 aliphatic rings. The molecule has 2 saturated heterocycles. The smallest absolute Gasteiger partial charge is 0.333 e. The van der Waals surface area contributed by atoms with Gasteiger partial charge in [0.15, 0.2) is 0 Å². The van der Waals surface area contributed by atoms with E-state index in [1.54, 1.807) is 34.0 Å². The largest absolute Gasteiger partial charge is 0.334 e. The number of carbonyl (C=O) groups excluding carboxylic acids is 3. The molecule has 8 nitrogen and oxygen atoms in total. The van der Waals surface area contributed by atoms with Crippen LogP contribution in [0.2, 0.25) is 0 Å². The van der Waals surface area contributed by atoms with E-state index in [0.717, 1.165) is 11.1 Å². The summed E-state index contributed by atoms with van der Waals surface area (Å²) < 4.78 is 13.3. The zero-order chi connectivity index (χ0) is 26.0. The third-order valence-corrected chi connectivity index (χ3v) is 6.90. The molecule has 1 N–H and O–H groups in total. The van der Waals surface area contributed by atoms with Crippen LogP contribution in [-0.4, -0.2) is 70.0 Å². The van der Waals surface area contributed by atoms with Gasteiger partial charge in [-0.2, -0.15) is 0 Å². The van der Waals surface area contributed by atoms with E-state index < -0.39 is 12.2 Å². The first-order valence-electron chi connectivity index (χ1n) is 12.4. The Morgan fingerprint density at radius 1 is 1.06 bits per heavy atom. The molecule has 0 aliphatic carbocycles. The summed E-state index contributed by atoms with van der Waals surface area (Å²) in [5, 5.41) is 6.04. The van der Waals surface area contributed by atoms with Crippen LogP contribution in [0.4, 0.5) is 9.18 Å². The van der Waals surface area contributed by atoms with E-state index in [1.165, 1.54) is 17.1 Å². The molecule has 192 valence electrons. The first-order chi connectivity index (χ1) is 17.2. The van der Waals surface area contributed by atoms with E-state index in [1.807, 2.05) is 51.1 Å². The number of nitrogens with zero attached hydrogens (tertiary/aromatic N) is 4. The standard InChI is InChI=1S/C27H34FN5O3/c1-18(2)14-23-26(35)31(19(3)21-8-6-5-7-9-21)16-24-32(23)25(34)17-30(4)33(24)27(36)29-15-20-10-12-22(28)13-11-20/h5-13,18-19,23-24H,14-17H2,1-4H3,(H,29,36)/t19?,23-,24-/m0/s1. The van der Waals surface area contributed by atoms with Crippen LogP contribution in [0.25, 0.3) is 0 Å². The molecule has 0 spiro atoms. The first kappa shape index (κ1) is 25.6. The highest BCUT2D eigenvalue weighted by Gasteiger charge is 2.51. The second-order valence-electron chi connectivity index (χ2n) is 9.95. The van der Waals surface area contributed by atoms with Crippen molar-refractivity contribution in [3.05, 3.63) is 71.5 Å². The Morgan fingerprint density at radius 2 is 1.72 bits per heavy atom. The summed E-state index contributed by atoms with van der Waals surface area (Å²) in [6.45, 7) is 6.43. The number of hydrogen-bond donors (Lipinski definition) is 1. The summed E-state index contributed by atoms with van der Waals surface area (Å²) in [6.07, 6.45) is -0.134. The maximum absolute atomic E-state index is 13.7. The summed E-state index contributed by atoms with van der Waals surface area (Å²) in [4.78, 5) is 43.8. The number of amides is 4. The molecule has 0 radical (unpaired) electrons. The van der Waals surface area contributed by atoms with Gasteiger partial charge in [-0.1, -0.05) is 56.3 Å². The van der Waals surface area contributed by atoms with Crippen LogP contribution in [0, 0.1) is 11.7 Å². The molecular weight excluding hydrogens is 461 g/mol.